The van der Waals surface area contributed by atoms with Crippen LogP contribution in [0.1, 0.15) is 36.2 Å². The van der Waals surface area contributed by atoms with Crippen LogP contribution in [-0.4, -0.2) is 36.6 Å². The first kappa shape index (κ1) is 21.8. The van der Waals surface area contributed by atoms with Crippen molar-refractivity contribution in [2.24, 2.45) is 4.99 Å². The SMILES string of the molecule is Cc1cc(C=Nc2ccc(S(=O)(=O)N3CCCCC3)cc2)c(C)n1-c1ccc(Cl)cc1. The van der Waals surface area contributed by atoms with Crippen molar-refractivity contribution in [1.82, 2.24) is 8.87 Å². The molecule has 0 aliphatic carbocycles. The summed E-state index contributed by atoms with van der Waals surface area (Å²) >= 11 is 6.01. The number of hydrogen-bond donors (Lipinski definition) is 0. The van der Waals surface area contributed by atoms with Crippen molar-refractivity contribution >= 4 is 33.5 Å². The van der Waals surface area contributed by atoms with Crippen LogP contribution in [0.4, 0.5) is 5.69 Å². The lowest BCUT2D eigenvalue weighted by molar-refractivity contribution is 0.346. The van der Waals surface area contributed by atoms with E-state index >= 15 is 0 Å². The van der Waals surface area contributed by atoms with Crippen LogP contribution >= 0.6 is 11.6 Å². The van der Waals surface area contributed by atoms with Crippen LogP contribution in [-0.2, 0) is 10.0 Å². The number of aromatic nitrogens is 1. The molecule has 1 fully saturated rings. The molecule has 4 rings (SSSR count). The summed E-state index contributed by atoms with van der Waals surface area (Å²) < 4.78 is 29.3. The summed E-state index contributed by atoms with van der Waals surface area (Å²) in [5.41, 5.74) is 4.95. The van der Waals surface area contributed by atoms with Gasteiger partial charge in [0, 0.05) is 47.0 Å². The zero-order chi connectivity index (χ0) is 22.0. The first-order chi connectivity index (χ1) is 14.9. The third-order valence-corrected chi connectivity index (χ3v) is 7.86. The molecule has 31 heavy (non-hydrogen) atoms. The molecule has 0 N–H and O–H groups in total. The van der Waals surface area contributed by atoms with Crippen LogP contribution in [0.15, 0.2) is 64.5 Å². The van der Waals surface area contributed by atoms with Gasteiger partial charge in [-0.2, -0.15) is 4.31 Å². The standard InChI is InChI=1S/C24H26ClN3O2S/c1-18-16-20(19(2)28(18)23-10-6-21(25)7-11-23)17-26-22-8-12-24(13-9-22)31(29,30)27-14-4-3-5-15-27/h6-13,16-17H,3-5,14-15H2,1-2H3. The molecule has 0 bridgehead atoms. The number of hydrogen-bond acceptors (Lipinski definition) is 3. The Morgan fingerprint density at radius 3 is 2.23 bits per heavy atom. The Hall–Kier alpha value is -2.41. The molecule has 0 radical (unpaired) electrons. The van der Waals surface area contributed by atoms with Crippen molar-refractivity contribution in [3.05, 3.63) is 76.6 Å². The number of nitrogens with zero attached hydrogens (tertiary/aromatic N) is 3. The largest absolute Gasteiger partial charge is 0.318 e. The maximum Gasteiger partial charge on any atom is 0.243 e. The van der Waals surface area contributed by atoms with E-state index in [4.69, 9.17) is 11.6 Å². The minimum atomic E-state index is -3.42. The van der Waals surface area contributed by atoms with Crippen LogP contribution in [0, 0.1) is 13.8 Å². The van der Waals surface area contributed by atoms with Crippen molar-refractivity contribution in [2.45, 2.75) is 38.0 Å². The van der Waals surface area contributed by atoms with Gasteiger partial charge in [-0.1, -0.05) is 18.0 Å². The number of aliphatic imine (C=N–C) groups is 1. The van der Waals surface area contributed by atoms with Crippen molar-refractivity contribution < 1.29 is 8.42 Å². The number of piperidine rings is 1. The average molecular weight is 456 g/mol. The molecule has 3 aromatic rings. The second kappa shape index (κ2) is 8.99. The Kier molecular flexibility index (Phi) is 6.32. The molecule has 1 aliphatic heterocycles. The summed E-state index contributed by atoms with van der Waals surface area (Å²) in [7, 11) is -3.42. The summed E-state index contributed by atoms with van der Waals surface area (Å²) in [6.45, 7) is 5.31. The van der Waals surface area contributed by atoms with Crippen molar-refractivity contribution in [3.63, 3.8) is 0 Å². The summed E-state index contributed by atoms with van der Waals surface area (Å²) in [5.74, 6) is 0. The van der Waals surface area contributed by atoms with E-state index in [1.807, 2.05) is 30.5 Å². The molecule has 1 saturated heterocycles. The van der Waals surface area contributed by atoms with Gasteiger partial charge in [0.15, 0.2) is 0 Å². The van der Waals surface area contributed by atoms with E-state index in [1.165, 1.54) is 0 Å². The van der Waals surface area contributed by atoms with Gasteiger partial charge in [0.2, 0.25) is 10.0 Å². The Bertz CT molecular complexity index is 1190. The smallest absolute Gasteiger partial charge is 0.243 e. The van der Waals surface area contributed by atoms with Crippen LogP contribution < -0.4 is 0 Å². The molecule has 5 nitrogen and oxygen atoms in total. The number of rotatable bonds is 5. The molecule has 0 unspecified atom stereocenters. The minimum absolute atomic E-state index is 0.328. The Balaban J connectivity index is 1.54. The molecule has 1 aromatic heterocycles. The lowest BCUT2D eigenvalue weighted by Gasteiger charge is -2.25. The van der Waals surface area contributed by atoms with Gasteiger partial charge in [0.1, 0.15) is 0 Å². The Morgan fingerprint density at radius 1 is 0.935 bits per heavy atom. The predicted octanol–water partition coefficient (Wildman–Crippen LogP) is 5.67. The second-order valence-electron chi connectivity index (χ2n) is 7.86. The molecule has 0 atom stereocenters. The highest BCUT2D eigenvalue weighted by molar-refractivity contribution is 7.89. The molecule has 0 amide bonds. The highest BCUT2D eigenvalue weighted by atomic mass is 35.5. The minimum Gasteiger partial charge on any atom is -0.318 e. The highest BCUT2D eigenvalue weighted by Gasteiger charge is 2.25. The van der Waals surface area contributed by atoms with E-state index < -0.39 is 10.0 Å². The van der Waals surface area contributed by atoms with Crippen LogP contribution in [0.25, 0.3) is 5.69 Å². The molecule has 2 aromatic carbocycles. The molecule has 0 saturated carbocycles. The van der Waals surface area contributed by atoms with Gasteiger partial charge >= 0.3 is 0 Å². The van der Waals surface area contributed by atoms with Gasteiger partial charge < -0.3 is 4.57 Å². The van der Waals surface area contributed by atoms with E-state index in [1.54, 1.807) is 28.6 Å². The number of benzene rings is 2. The topological polar surface area (TPSA) is 54.7 Å². The first-order valence-electron chi connectivity index (χ1n) is 10.5. The fourth-order valence-electron chi connectivity index (χ4n) is 4.01. The van der Waals surface area contributed by atoms with Gasteiger partial charge in [-0.3, -0.25) is 4.99 Å². The zero-order valence-electron chi connectivity index (χ0n) is 17.8. The van der Waals surface area contributed by atoms with Crippen LogP contribution in [0.5, 0.6) is 0 Å². The van der Waals surface area contributed by atoms with E-state index in [-0.39, 0.29) is 0 Å². The molecular formula is C24H26ClN3O2S. The Morgan fingerprint density at radius 2 is 1.58 bits per heavy atom. The highest BCUT2D eigenvalue weighted by Crippen LogP contribution is 2.24. The fourth-order valence-corrected chi connectivity index (χ4v) is 5.65. The molecule has 1 aliphatic rings. The average Bonchev–Trinajstić information content (AvgIpc) is 3.07. The van der Waals surface area contributed by atoms with Crippen molar-refractivity contribution in [3.8, 4) is 5.69 Å². The quantitative estimate of drug-likeness (QED) is 0.465. The zero-order valence-corrected chi connectivity index (χ0v) is 19.3. The number of halogens is 1. The van der Waals surface area contributed by atoms with Gasteiger partial charge in [0.25, 0.3) is 0 Å². The normalized spacial score (nSPS) is 15.6. The van der Waals surface area contributed by atoms with Gasteiger partial charge in [-0.15, -0.1) is 0 Å². The molecule has 7 heteroatoms. The van der Waals surface area contributed by atoms with Gasteiger partial charge in [0.05, 0.1) is 10.6 Å². The number of aryl methyl sites for hydroxylation is 1. The maximum absolute atomic E-state index is 12.8. The molecule has 2 heterocycles. The van der Waals surface area contributed by atoms with Gasteiger partial charge in [-0.25, -0.2) is 8.42 Å². The summed E-state index contributed by atoms with van der Waals surface area (Å²) in [6.07, 6.45) is 4.77. The van der Waals surface area contributed by atoms with E-state index in [0.717, 1.165) is 41.9 Å². The summed E-state index contributed by atoms with van der Waals surface area (Å²) in [6, 6.07) is 16.6. The first-order valence-corrected chi connectivity index (χ1v) is 12.3. The molecule has 0 spiro atoms. The van der Waals surface area contributed by atoms with Gasteiger partial charge in [-0.05, 0) is 81.3 Å². The molecular weight excluding hydrogens is 430 g/mol. The fraction of sp³-hybridized carbons (Fsp3) is 0.292. The third kappa shape index (κ3) is 4.61. The lowest BCUT2D eigenvalue weighted by atomic mass is 10.2. The van der Waals surface area contributed by atoms with Crippen LogP contribution in [0.3, 0.4) is 0 Å². The second-order valence-corrected chi connectivity index (χ2v) is 10.2. The summed E-state index contributed by atoms with van der Waals surface area (Å²) in [4.78, 5) is 4.90. The predicted molar refractivity (Wildman–Crippen MR) is 127 cm³/mol. The monoisotopic (exact) mass is 455 g/mol. The lowest BCUT2D eigenvalue weighted by Crippen LogP contribution is -2.35. The van der Waals surface area contributed by atoms with Crippen LogP contribution in [0.2, 0.25) is 5.02 Å². The Labute approximate surface area is 189 Å². The summed E-state index contributed by atoms with van der Waals surface area (Å²) in [5, 5.41) is 0.707. The molecule has 162 valence electrons. The van der Waals surface area contributed by atoms with E-state index in [0.29, 0.717) is 28.7 Å². The van der Waals surface area contributed by atoms with Crippen molar-refractivity contribution in [1.29, 1.82) is 0 Å². The van der Waals surface area contributed by atoms with E-state index in [2.05, 4.69) is 29.5 Å². The van der Waals surface area contributed by atoms with Crippen molar-refractivity contribution in [2.75, 3.05) is 13.1 Å². The maximum atomic E-state index is 12.8. The van der Waals surface area contributed by atoms with E-state index in [9.17, 15) is 8.42 Å². The number of sulfonamides is 1. The third-order valence-electron chi connectivity index (χ3n) is 5.70.